The van der Waals surface area contributed by atoms with Crippen LogP contribution in [-0.2, 0) is 13.6 Å². The highest BCUT2D eigenvalue weighted by atomic mass is 16.2. The Balaban J connectivity index is 1.38. The van der Waals surface area contributed by atoms with Gasteiger partial charge in [0.25, 0.3) is 5.56 Å². The van der Waals surface area contributed by atoms with Crippen molar-refractivity contribution in [1.29, 1.82) is 0 Å². The highest BCUT2D eigenvalue weighted by Gasteiger charge is 2.16. The number of hydrogen-bond acceptors (Lipinski definition) is 8. The number of piperidine rings is 1. The first-order valence-corrected chi connectivity index (χ1v) is 11.9. The summed E-state index contributed by atoms with van der Waals surface area (Å²) in [5.41, 5.74) is 1.85. The SMILES string of the molecule is Cn1c(=O)c2nc(-c3ccc(NCCN4CCCCC4)cc3)nnc2n(Cc2cccnc2)c1=O. The van der Waals surface area contributed by atoms with Crippen molar-refractivity contribution >= 4 is 16.9 Å². The number of benzene rings is 1. The van der Waals surface area contributed by atoms with Gasteiger partial charge in [-0.05, 0) is 61.8 Å². The lowest BCUT2D eigenvalue weighted by atomic mass is 10.1. The van der Waals surface area contributed by atoms with Crippen LogP contribution in [0.25, 0.3) is 22.6 Å². The molecular weight excluding hydrogens is 444 g/mol. The first-order chi connectivity index (χ1) is 17.1. The Kier molecular flexibility index (Phi) is 6.62. The Morgan fingerprint density at radius 3 is 2.54 bits per heavy atom. The van der Waals surface area contributed by atoms with E-state index < -0.39 is 11.2 Å². The monoisotopic (exact) mass is 472 g/mol. The molecule has 0 atom stereocenters. The first-order valence-electron chi connectivity index (χ1n) is 11.9. The molecule has 4 heterocycles. The summed E-state index contributed by atoms with van der Waals surface area (Å²) in [4.78, 5) is 36.7. The van der Waals surface area contributed by atoms with Crippen molar-refractivity contribution in [3.8, 4) is 11.4 Å². The molecule has 10 nitrogen and oxygen atoms in total. The lowest BCUT2D eigenvalue weighted by Crippen LogP contribution is -2.39. The minimum atomic E-state index is -0.500. The number of anilines is 1. The van der Waals surface area contributed by atoms with Gasteiger partial charge >= 0.3 is 5.69 Å². The van der Waals surface area contributed by atoms with Crippen LogP contribution in [0.3, 0.4) is 0 Å². The number of aromatic nitrogens is 6. The number of rotatable bonds is 7. The third kappa shape index (κ3) is 4.97. The van der Waals surface area contributed by atoms with E-state index in [0.29, 0.717) is 5.82 Å². The van der Waals surface area contributed by atoms with Crippen molar-refractivity contribution in [3.63, 3.8) is 0 Å². The maximum absolute atomic E-state index is 12.8. The van der Waals surface area contributed by atoms with E-state index in [2.05, 4.69) is 30.4 Å². The third-order valence-electron chi connectivity index (χ3n) is 6.36. The van der Waals surface area contributed by atoms with Gasteiger partial charge in [-0.3, -0.25) is 18.9 Å². The Morgan fingerprint density at radius 1 is 1.00 bits per heavy atom. The summed E-state index contributed by atoms with van der Waals surface area (Å²) < 4.78 is 2.44. The molecule has 35 heavy (non-hydrogen) atoms. The molecule has 3 aromatic heterocycles. The second-order valence-electron chi connectivity index (χ2n) is 8.81. The molecule has 4 aromatic rings. The van der Waals surface area contributed by atoms with Crippen molar-refractivity contribution < 1.29 is 0 Å². The van der Waals surface area contributed by atoms with Crippen molar-refractivity contribution in [2.75, 3.05) is 31.5 Å². The number of nitrogens with zero attached hydrogens (tertiary/aromatic N) is 7. The van der Waals surface area contributed by atoms with Crippen LogP contribution in [0.2, 0.25) is 0 Å². The van der Waals surface area contributed by atoms with Crippen LogP contribution in [0.5, 0.6) is 0 Å². The summed E-state index contributed by atoms with van der Waals surface area (Å²) in [5, 5.41) is 11.9. The molecule has 0 saturated carbocycles. The van der Waals surface area contributed by atoms with Crippen molar-refractivity contribution in [1.82, 2.24) is 34.2 Å². The zero-order valence-electron chi connectivity index (χ0n) is 19.7. The quantitative estimate of drug-likeness (QED) is 0.434. The average Bonchev–Trinajstić information content (AvgIpc) is 2.91. The fourth-order valence-electron chi connectivity index (χ4n) is 4.38. The van der Waals surface area contributed by atoms with Crippen LogP contribution in [0.4, 0.5) is 5.69 Å². The minimum absolute atomic E-state index is 0.102. The molecule has 1 saturated heterocycles. The highest BCUT2D eigenvalue weighted by molar-refractivity contribution is 5.71. The molecule has 0 unspecified atom stereocenters. The van der Waals surface area contributed by atoms with E-state index in [1.807, 2.05) is 30.3 Å². The van der Waals surface area contributed by atoms with Gasteiger partial charge < -0.3 is 10.2 Å². The van der Waals surface area contributed by atoms with Gasteiger partial charge in [0.2, 0.25) is 0 Å². The van der Waals surface area contributed by atoms with Crippen LogP contribution >= 0.6 is 0 Å². The number of fused-ring (bicyclic) bond motifs is 1. The van der Waals surface area contributed by atoms with E-state index in [1.165, 1.54) is 44.0 Å². The fourth-order valence-corrected chi connectivity index (χ4v) is 4.38. The maximum Gasteiger partial charge on any atom is 0.332 e. The van der Waals surface area contributed by atoms with E-state index in [0.717, 1.165) is 34.5 Å². The highest BCUT2D eigenvalue weighted by Crippen LogP contribution is 2.19. The van der Waals surface area contributed by atoms with Crippen molar-refractivity contribution in [2.24, 2.45) is 7.05 Å². The summed E-state index contributed by atoms with van der Waals surface area (Å²) in [7, 11) is 1.44. The van der Waals surface area contributed by atoms with Crippen LogP contribution in [0.15, 0.2) is 58.4 Å². The predicted octanol–water partition coefficient (Wildman–Crippen LogP) is 1.89. The van der Waals surface area contributed by atoms with Crippen LogP contribution in [-0.4, -0.2) is 60.4 Å². The Labute approximate surface area is 202 Å². The molecule has 1 aliphatic heterocycles. The zero-order valence-corrected chi connectivity index (χ0v) is 19.7. The molecule has 180 valence electrons. The van der Waals surface area contributed by atoms with Crippen LogP contribution in [0.1, 0.15) is 24.8 Å². The number of nitrogens with one attached hydrogen (secondary N) is 1. The molecule has 10 heteroatoms. The lowest BCUT2D eigenvalue weighted by molar-refractivity contribution is 0.237. The van der Waals surface area contributed by atoms with Gasteiger partial charge in [0.05, 0.1) is 6.54 Å². The third-order valence-corrected chi connectivity index (χ3v) is 6.36. The molecule has 0 bridgehead atoms. The average molecular weight is 473 g/mol. The van der Waals surface area contributed by atoms with Gasteiger partial charge in [0, 0.05) is 43.8 Å². The van der Waals surface area contributed by atoms with Gasteiger partial charge in [-0.15, -0.1) is 10.2 Å². The molecule has 1 aromatic carbocycles. The molecule has 0 aliphatic carbocycles. The molecule has 0 spiro atoms. The molecule has 5 rings (SSSR count). The van der Waals surface area contributed by atoms with Crippen molar-refractivity contribution in [2.45, 2.75) is 25.8 Å². The smallest absolute Gasteiger partial charge is 0.332 e. The molecular formula is C25H28N8O2. The summed E-state index contributed by atoms with van der Waals surface area (Å²) >= 11 is 0. The number of hydrogen-bond donors (Lipinski definition) is 1. The van der Waals surface area contributed by atoms with E-state index in [9.17, 15) is 9.59 Å². The molecule has 1 fully saturated rings. The molecule has 0 radical (unpaired) electrons. The van der Waals surface area contributed by atoms with Gasteiger partial charge in [-0.2, -0.15) is 0 Å². The standard InChI is InChI=1S/C25H28N8O2/c1-31-24(34)21-23(33(25(31)35)17-18-6-5-11-26-16-18)30-29-22(28-21)19-7-9-20(10-8-19)27-12-15-32-13-3-2-4-14-32/h5-11,16,27H,2-4,12-15,17H2,1H3. The Bertz CT molecular complexity index is 1420. The van der Waals surface area contributed by atoms with E-state index >= 15 is 0 Å². The van der Waals surface area contributed by atoms with E-state index in [4.69, 9.17) is 0 Å². The van der Waals surface area contributed by atoms with Gasteiger partial charge in [-0.1, -0.05) is 12.5 Å². The maximum atomic E-state index is 12.8. The zero-order chi connectivity index (χ0) is 24.2. The van der Waals surface area contributed by atoms with Crippen LogP contribution < -0.4 is 16.6 Å². The molecule has 1 aliphatic rings. The molecule has 0 amide bonds. The topological polar surface area (TPSA) is 111 Å². The summed E-state index contributed by atoms with van der Waals surface area (Å²) in [6.07, 6.45) is 7.25. The lowest BCUT2D eigenvalue weighted by Gasteiger charge is -2.26. The van der Waals surface area contributed by atoms with Crippen molar-refractivity contribution in [3.05, 3.63) is 75.2 Å². The minimum Gasteiger partial charge on any atom is -0.384 e. The Hall–Kier alpha value is -3.92. The predicted molar refractivity (Wildman–Crippen MR) is 134 cm³/mol. The van der Waals surface area contributed by atoms with Crippen LogP contribution in [0, 0.1) is 0 Å². The summed E-state index contributed by atoms with van der Waals surface area (Å²) in [6, 6.07) is 11.4. The summed E-state index contributed by atoms with van der Waals surface area (Å²) in [6.45, 7) is 4.50. The second-order valence-corrected chi connectivity index (χ2v) is 8.81. The number of likely N-dealkylation sites (tertiary alicyclic amines) is 1. The fraction of sp³-hybridized carbons (Fsp3) is 0.360. The van der Waals surface area contributed by atoms with Gasteiger partial charge in [-0.25, -0.2) is 9.78 Å². The largest absolute Gasteiger partial charge is 0.384 e. The summed E-state index contributed by atoms with van der Waals surface area (Å²) in [5.74, 6) is 0.334. The van der Waals surface area contributed by atoms with Gasteiger partial charge in [0.1, 0.15) is 0 Å². The normalized spacial score (nSPS) is 14.3. The Morgan fingerprint density at radius 2 is 1.80 bits per heavy atom. The van der Waals surface area contributed by atoms with E-state index in [1.54, 1.807) is 18.5 Å². The van der Waals surface area contributed by atoms with E-state index in [-0.39, 0.29) is 17.7 Å². The molecule has 1 N–H and O–H groups in total. The second kappa shape index (κ2) is 10.1. The van der Waals surface area contributed by atoms with Gasteiger partial charge in [0.15, 0.2) is 17.0 Å². The number of pyridine rings is 1. The first kappa shape index (κ1) is 22.9.